The molecule has 4 aromatic rings. The first-order valence-electron chi connectivity index (χ1n) is 11.9. The summed E-state index contributed by atoms with van der Waals surface area (Å²) in [7, 11) is 1.74. The maximum Gasteiger partial charge on any atom is 0.126 e. The molecule has 1 N–H and O–H groups in total. The van der Waals surface area contributed by atoms with Gasteiger partial charge in [0.05, 0.1) is 36.9 Å². The summed E-state index contributed by atoms with van der Waals surface area (Å²) in [4.78, 5) is 4.35. The van der Waals surface area contributed by atoms with Crippen molar-refractivity contribution in [3.63, 3.8) is 0 Å². The molecule has 2 aliphatic rings. The molecule has 0 aliphatic heterocycles. The van der Waals surface area contributed by atoms with Gasteiger partial charge in [0.1, 0.15) is 5.75 Å². The Hall–Kier alpha value is -2.85. The van der Waals surface area contributed by atoms with Gasteiger partial charge >= 0.3 is 0 Å². The number of fused-ring (bicyclic) bond motifs is 2. The highest BCUT2D eigenvalue weighted by molar-refractivity contribution is 5.91. The van der Waals surface area contributed by atoms with E-state index in [-0.39, 0.29) is 0 Å². The lowest BCUT2D eigenvalue weighted by molar-refractivity contribution is 0.0755. The van der Waals surface area contributed by atoms with Gasteiger partial charge in [0.2, 0.25) is 0 Å². The molecule has 1 atom stereocenters. The molecule has 0 radical (unpaired) electrons. The lowest BCUT2D eigenvalue weighted by Crippen LogP contribution is -2.22. The van der Waals surface area contributed by atoms with Gasteiger partial charge in [-0.2, -0.15) is 0 Å². The summed E-state index contributed by atoms with van der Waals surface area (Å²) < 4.78 is 7.72. The lowest BCUT2D eigenvalue weighted by Gasteiger charge is -2.33. The third-order valence-electron chi connectivity index (χ3n) is 7.75. The van der Waals surface area contributed by atoms with E-state index in [1.54, 1.807) is 7.11 Å². The molecule has 4 heteroatoms. The molecule has 2 saturated carbocycles. The minimum atomic E-state index is -0.433. The highest BCUT2D eigenvalue weighted by Crippen LogP contribution is 2.47. The Morgan fingerprint density at radius 3 is 2.31 bits per heavy atom. The number of ether oxygens (including phenoxy) is 1. The Bertz CT molecular complexity index is 1270. The number of aliphatic hydroxyl groups is 1. The smallest absolute Gasteiger partial charge is 0.126 e. The van der Waals surface area contributed by atoms with Crippen molar-refractivity contribution < 1.29 is 9.84 Å². The first kappa shape index (κ1) is 19.8. The van der Waals surface area contributed by atoms with E-state index in [9.17, 15) is 5.11 Å². The first-order valence-corrected chi connectivity index (χ1v) is 11.9. The van der Waals surface area contributed by atoms with Crippen LogP contribution in [0, 0.1) is 5.92 Å². The van der Waals surface area contributed by atoms with Crippen LogP contribution < -0.4 is 4.74 Å². The largest absolute Gasteiger partial charge is 0.496 e. The van der Waals surface area contributed by atoms with Crippen molar-refractivity contribution in [2.75, 3.05) is 7.11 Å². The predicted molar refractivity (Wildman–Crippen MR) is 127 cm³/mol. The van der Waals surface area contributed by atoms with Crippen molar-refractivity contribution in [2.24, 2.45) is 5.92 Å². The number of rotatable bonds is 5. The van der Waals surface area contributed by atoms with Crippen LogP contribution in [-0.2, 0) is 0 Å². The van der Waals surface area contributed by atoms with E-state index in [0.717, 1.165) is 42.6 Å². The minimum absolute atomic E-state index is 0.293. The number of nitrogens with zero attached hydrogens (tertiary/aromatic N) is 2. The van der Waals surface area contributed by atoms with Crippen molar-refractivity contribution in [1.82, 2.24) is 9.38 Å². The molecule has 0 bridgehead atoms. The summed E-state index contributed by atoms with van der Waals surface area (Å²) in [6, 6.07) is 17.3. The van der Waals surface area contributed by atoms with E-state index in [1.165, 1.54) is 34.7 Å². The van der Waals surface area contributed by atoms with Crippen molar-refractivity contribution in [3.05, 3.63) is 77.9 Å². The molecule has 2 heterocycles. The summed E-state index contributed by atoms with van der Waals surface area (Å²) in [5.41, 5.74) is 4.90. The zero-order chi connectivity index (χ0) is 21.7. The Morgan fingerprint density at radius 2 is 1.56 bits per heavy atom. The number of methoxy groups -OCH3 is 1. The highest BCUT2D eigenvalue weighted by atomic mass is 16.5. The monoisotopic (exact) mass is 426 g/mol. The Balaban J connectivity index is 1.26. The van der Waals surface area contributed by atoms with Crippen LogP contribution in [0.1, 0.15) is 73.3 Å². The number of imidazole rings is 1. The molecule has 32 heavy (non-hydrogen) atoms. The number of hydrogen-bond donors (Lipinski definition) is 1. The van der Waals surface area contributed by atoms with Gasteiger partial charge < -0.3 is 14.2 Å². The Morgan fingerprint density at radius 1 is 0.875 bits per heavy atom. The molecular weight excluding hydrogens is 396 g/mol. The molecule has 2 aromatic carbocycles. The van der Waals surface area contributed by atoms with Crippen LogP contribution in [0.15, 0.2) is 61.1 Å². The van der Waals surface area contributed by atoms with Crippen LogP contribution in [-0.4, -0.2) is 21.6 Å². The lowest BCUT2D eigenvalue weighted by atomic mass is 9.74. The van der Waals surface area contributed by atoms with Gasteiger partial charge in [0.15, 0.2) is 0 Å². The van der Waals surface area contributed by atoms with Crippen LogP contribution in [0.3, 0.4) is 0 Å². The first-order chi connectivity index (χ1) is 15.7. The van der Waals surface area contributed by atoms with E-state index in [1.807, 2.05) is 12.5 Å². The molecule has 164 valence electrons. The number of pyridine rings is 1. The Labute approximate surface area is 188 Å². The van der Waals surface area contributed by atoms with Gasteiger partial charge in [-0.25, -0.2) is 4.98 Å². The standard InChI is InChI=1S/C28H30N2O2/c1-32-26-15-14-22(24-4-2-3-5-25(24)26)18-8-10-20(11-9-18)28(31)27-23(19-6-7-19)13-12-21-16-29-17-30(21)27/h2-5,12-20,28,31H,6-11H2,1H3/t18?,20?,28-/m1/s1. The van der Waals surface area contributed by atoms with Crippen molar-refractivity contribution in [3.8, 4) is 5.75 Å². The molecule has 4 nitrogen and oxygen atoms in total. The molecule has 0 spiro atoms. The summed E-state index contributed by atoms with van der Waals surface area (Å²) in [5.74, 6) is 2.37. The molecule has 2 aliphatic carbocycles. The second-order valence-electron chi connectivity index (χ2n) is 9.60. The number of benzene rings is 2. The number of hydrogen-bond acceptors (Lipinski definition) is 3. The van der Waals surface area contributed by atoms with E-state index in [4.69, 9.17) is 4.74 Å². The fraction of sp³-hybridized carbons (Fsp3) is 0.393. The molecule has 0 unspecified atom stereocenters. The molecule has 2 fully saturated rings. The summed E-state index contributed by atoms with van der Waals surface area (Å²) in [5, 5.41) is 14.0. The highest BCUT2D eigenvalue weighted by Gasteiger charge is 2.34. The summed E-state index contributed by atoms with van der Waals surface area (Å²) in [6.45, 7) is 0. The van der Waals surface area contributed by atoms with Gasteiger partial charge in [-0.15, -0.1) is 0 Å². The summed E-state index contributed by atoms with van der Waals surface area (Å²) >= 11 is 0. The third kappa shape index (κ3) is 3.29. The molecule has 0 amide bonds. The second-order valence-corrected chi connectivity index (χ2v) is 9.60. The van der Waals surface area contributed by atoms with Gasteiger partial charge in [-0.1, -0.05) is 36.4 Å². The van der Waals surface area contributed by atoms with Crippen molar-refractivity contribution in [1.29, 1.82) is 0 Å². The quantitative estimate of drug-likeness (QED) is 0.403. The molecule has 6 rings (SSSR count). The fourth-order valence-corrected chi connectivity index (χ4v) is 5.88. The summed E-state index contributed by atoms with van der Waals surface area (Å²) in [6.07, 6.45) is 10.1. The predicted octanol–water partition coefficient (Wildman–Crippen LogP) is 6.38. The maximum atomic E-state index is 11.6. The van der Waals surface area contributed by atoms with Gasteiger partial charge in [-0.05, 0) is 84.9 Å². The van der Waals surface area contributed by atoms with Gasteiger partial charge in [0.25, 0.3) is 0 Å². The zero-order valence-corrected chi connectivity index (χ0v) is 18.6. The van der Waals surface area contributed by atoms with E-state index in [0.29, 0.717) is 17.8 Å². The average Bonchev–Trinajstić information content (AvgIpc) is 3.58. The van der Waals surface area contributed by atoms with Gasteiger partial charge in [-0.3, -0.25) is 0 Å². The maximum absolute atomic E-state index is 11.6. The van der Waals surface area contributed by atoms with Crippen LogP contribution in [0.4, 0.5) is 0 Å². The topological polar surface area (TPSA) is 46.8 Å². The van der Waals surface area contributed by atoms with Crippen LogP contribution in [0.25, 0.3) is 16.3 Å². The van der Waals surface area contributed by atoms with Crippen LogP contribution >= 0.6 is 0 Å². The molecule has 0 saturated heterocycles. The SMILES string of the molecule is COc1ccc(C2CCC([C@@H](O)c3c(C4CC4)ccc4cncn34)CC2)c2ccccc12. The minimum Gasteiger partial charge on any atom is -0.496 e. The molecule has 2 aromatic heterocycles. The average molecular weight is 427 g/mol. The molecular formula is C28H30N2O2. The van der Waals surface area contributed by atoms with Crippen molar-refractivity contribution >= 4 is 16.3 Å². The van der Waals surface area contributed by atoms with Gasteiger partial charge in [0, 0.05) is 5.39 Å². The third-order valence-corrected chi connectivity index (χ3v) is 7.75. The number of aromatic nitrogens is 2. The Kier molecular flexibility index (Phi) is 4.91. The van der Waals surface area contributed by atoms with E-state index in [2.05, 4.69) is 57.9 Å². The second kappa shape index (κ2) is 7.93. The van der Waals surface area contributed by atoms with Crippen molar-refractivity contribution in [2.45, 2.75) is 56.5 Å². The fourth-order valence-electron chi connectivity index (χ4n) is 5.88. The van der Waals surface area contributed by atoms with E-state index < -0.39 is 6.10 Å². The number of aliphatic hydroxyl groups excluding tert-OH is 1. The normalized spacial score (nSPS) is 22.3. The van der Waals surface area contributed by atoms with E-state index >= 15 is 0 Å². The zero-order valence-electron chi connectivity index (χ0n) is 18.6. The van der Waals surface area contributed by atoms with Crippen LogP contribution in [0.2, 0.25) is 0 Å². The van der Waals surface area contributed by atoms with Crippen LogP contribution in [0.5, 0.6) is 5.75 Å².